The first-order chi connectivity index (χ1) is 8.74. The van der Waals surface area contributed by atoms with Gasteiger partial charge in [-0.1, -0.05) is 36.4 Å². The minimum atomic E-state index is -0.642. The summed E-state index contributed by atoms with van der Waals surface area (Å²) in [5.41, 5.74) is 0.934. The van der Waals surface area contributed by atoms with Crippen molar-refractivity contribution >= 4 is 5.97 Å². The second kappa shape index (κ2) is 5.77. The molecule has 0 saturated carbocycles. The van der Waals surface area contributed by atoms with E-state index in [0.717, 1.165) is 5.56 Å². The minimum Gasteiger partial charge on any atom is -0.468 e. The number of rotatable bonds is 5. The Balaban J connectivity index is 1.82. The summed E-state index contributed by atoms with van der Waals surface area (Å²) in [6.45, 7) is 3.54. The fourth-order valence-corrected chi connectivity index (χ4v) is 1.59. The second-order valence-electron chi connectivity index (χ2n) is 3.75. The first-order valence-electron chi connectivity index (χ1n) is 5.57. The number of hydrogen-bond acceptors (Lipinski definition) is 5. The van der Waals surface area contributed by atoms with Gasteiger partial charge < -0.3 is 14.2 Å². The normalized spacial score (nSPS) is 23.8. The highest BCUT2D eigenvalue weighted by Gasteiger charge is 2.34. The third kappa shape index (κ3) is 2.76. The van der Waals surface area contributed by atoms with Crippen molar-refractivity contribution in [2.75, 3.05) is 7.11 Å². The number of nitrogens with one attached hydrogen (secondary N) is 1. The van der Waals surface area contributed by atoms with Gasteiger partial charge in [-0.3, -0.25) is 10.1 Å². The number of esters is 1. The Hall–Kier alpha value is -1.69. The molecule has 1 aromatic carbocycles. The predicted molar refractivity (Wildman–Crippen MR) is 64.3 cm³/mol. The zero-order valence-electron chi connectivity index (χ0n) is 10.0. The molecule has 1 saturated heterocycles. The molecule has 5 heteroatoms. The van der Waals surface area contributed by atoms with Gasteiger partial charge in [0, 0.05) is 5.56 Å². The predicted octanol–water partition coefficient (Wildman–Crippen LogP) is 1.33. The number of benzene rings is 1. The Bertz CT molecular complexity index is 414. The third-order valence-corrected chi connectivity index (χ3v) is 2.57. The van der Waals surface area contributed by atoms with Crippen molar-refractivity contribution in [3.8, 4) is 0 Å². The monoisotopic (exact) mass is 249 g/mol. The van der Waals surface area contributed by atoms with Crippen LogP contribution in [0.5, 0.6) is 0 Å². The first-order valence-corrected chi connectivity index (χ1v) is 5.57. The summed E-state index contributed by atoms with van der Waals surface area (Å²) in [5.74, 6) is -0.430. The fraction of sp³-hybridized carbons (Fsp3) is 0.308. The maximum absolute atomic E-state index is 11.3. The van der Waals surface area contributed by atoms with Crippen LogP contribution in [-0.2, 0) is 19.0 Å². The lowest BCUT2D eigenvalue weighted by atomic mass is 10.2. The quantitative estimate of drug-likeness (QED) is 0.630. The maximum atomic E-state index is 11.3. The Morgan fingerprint density at radius 1 is 1.44 bits per heavy atom. The standard InChI is InChI=1S/C13H15NO4/c1-3-10(11(15)16-2)14-13-17-12(18-13)9-7-5-4-6-8-9/h3-8,10,12-14H,1H2,2H3. The molecule has 5 nitrogen and oxygen atoms in total. The van der Waals surface area contributed by atoms with Crippen molar-refractivity contribution in [2.45, 2.75) is 18.7 Å². The van der Waals surface area contributed by atoms with E-state index in [4.69, 9.17) is 9.47 Å². The number of ether oxygens (including phenoxy) is 3. The molecule has 0 radical (unpaired) electrons. The zero-order chi connectivity index (χ0) is 13.0. The lowest BCUT2D eigenvalue weighted by molar-refractivity contribution is -0.401. The Labute approximate surface area is 105 Å². The second-order valence-corrected chi connectivity index (χ2v) is 3.75. The zero-order valence-corrected chi connectivity index (χ0v) is 10.0. The highest BCUT2D eigenvalue weighted by atomic mass is 16.9. The molecule has 0 aliphatic carbocycles. The summed E-state index contributed by atoms with van der Waals surface area (Å²) < 4.78 is 15.5. The van der Waals surface area contributed by atoms with Crippen molar-refractivity contribution in [2.24, 2.45) is 0 Å². The van der Waals surface area contributed by atoms with E-state index in [2.05, 4.69) is 16.6 Å². The van der Waals surface area contributed by atoms with Gasteiger partial charge in [-0.2, -0.15) is 0 Å². The highest BCUT2D eigenvalue weighted by molar-refractivity contribution is 5.77. The van der Waals surface area contributed by atoms with Crippen LogP contribution in [0, 0.1) is 0 Å². The van der Waals surface area contributed by atoms with Crippen LogP contribution < -0.4 is 5.32 Å². The molecule has 96 valence electrons. The van der Waals surface area contributed by atoms with Crippen molar-refractivity contribution in [3.63, 3.8) is 0 Å². The topological polar surface area (TPSA) is 56.8 Å². The molecule has 1 aromatic rings. The van der Waals surface area contributed by atoms with Gasteiger partial charge in [0.05, 0.1) is 7.11 Å². The molecule has 0 aromatic heterocycles. The van der Waals surface area contributed by atoms with Crippen LogP contribution in [0.3, 0.4) is 0 Å². The third-order valence-electron chi connectivity index (χ3n) is 2.57. The van der Waals surface area contributed by atoms with E-state index < -0.39 is 24.7 Å². The van der Waals surface area contributed by atoms with Gasteiger partial charge in [-0.25, -0.2) is 0 Å². The van der Waals surface area contributed by atoms with Crippen molar-refractivity contribution in [1.29, 1.82) is 0 Å². The van der Waals surface area contributed by atoms with Gasteiger partial charge in [0.25, 0.3) is 0 Å². The lowest BCUT2D eigenvalue weighted by Gasteiger charge is -2.37. The van der Waals surface area contributed by atoms with Crippen LogP contribution in [0.25, 0.3) is 0 Å². The Morgan fingerprint density at radius 2 is 2.11 bits per heavy atom. The van der Waals surface area contributed by atoms with E-state index in [1.54, 1.807) is 0 Å². The number of carbonyl (C=O) groups is 1. The largest absolute Gasteiger partial charge is 0.468 e. The molecule has 1 N–H and O–H groups in total. The van der Waals surface area contributed by atoms with Gasteiger partial charge in [0.15, 0.2) is 6.29 Å². The number of carbonyl (C=O) groups excluding carboxylic acids is 1. The molecule has 1 unspecified atom stereocenters. The molecule has 18 heavy (non-hydrogen) atoms. The van der Waals surface area contributed by atoms with E-state index in [1.807, 2.05) is 30.3 Å². The molecule has 1 atom stereocenters. The maximum Gasteiger partial charge on any atom is 0.327 e. The molecule has 1 aliphatic rings. The average molecular weight is 249 g/mol. The van der Waals surface area contributed by atoms with Gasteiger partial charge in [0.1, 0.15) is 6.04 Å². The molecule has 1 fully saturated rings. The van der Waals surface area contributed by atoms with Crippen LogP contribution in [0.1, 0.15) is 11.9 Å². The number of methoxy groups -OCH3 is 1. The van der Waals surface area contributed by atoms with Gasteiger partial charge in [-0.05, 0) is 0 Å². The summed E-state index contributed by atoms with van der Waals surface area (Å²) in [6, 6.07) is 8.91. The molecular weight excluding hydrogens is 234 g/mol. The van der Waals surface area contributed by atoms with Crippen LogP contribution in [0.2, 0.25) is 0 Å². The summed E-state index contributed by atoms with van der Waals surface area (Å²) in [7, 11) is 1.32. The van der Waals surface area contributed by atoms with E-state index >= 15 is 0 Å². The van der Waals surface area contributed by atoms with Crippen LogP contribution in [0.4, 0.5) is 0 Å². The van der Waals surface area contributed by atoms with E-state index in [1.165, 1.54) is 13.2 Å². The SMILES string of the molecule is C=CC(NC1OC(c2ccccc2)O1)C(=O)OC. The van der Waals surface area contributed by atoms with Crippen molar-refractivity contribution < 1.29 is 19.0 Å². The smallest absolute Gasteiger partial charge is 0.327 e. The molecule has 0 bridgehead atoms. The van der Waals surface area contributed by atoms with Crippen molar-refractivity contribution in [1.82, 2.24) is 5.32 Å². The van der Waals surface area contributed by atoms with Crippen LogP contribution in [-0.4, -0.2) is 25.5 Å². The van der Waals surface area contributed by atoms with E-state index in [-0.39, 0.29) is 0 Å². The molecule has 1 aliphatic heterocycles. The molecule has 1 heterocycles. The Kier molecular flexibility index (Phi) is 4.09. The molecular formula is C13H15NO4. The molecule has 2 rings (SSSR count). The molecule has 0 amide bonds. The van der Waals surface area contributed by atoms with Gasteiger partial charge >= 0.3 is 5.97 Å². The summed E-state index contributed by atoms with van der Waals surface area (Å²) >= 11 is 0. The molecule has 0 spiro atoms. The average Bonchev–Trinajstić information content (AvgIpc) is 2.38. The summed E-state index contributed by atoms with van der Waals surface area (Å²) in [5, 5.41) is 2.82. The first kappa shape index (κ1) is 12.8. The van der Waals surface area contributed by atoms with Crippen molar-refractivity contribution in [3.05, 3.63) is 48.6 Å². The van der Waals surface area contributed by atoms with E-state index in [9.17, 15) is 4.79 Å². The number of hydrogen-bond donors (Lipinski definition) is 1. The van der Waals surface area contributed by atoms with Gasteiger partial charge in [0.2, 0.25) is 6.41 Å². The highest BCUT2D eigenvalue weighted by Crippen LogP contribution is 2.30. The van der Waals surface area contributed by atoms with Crippen LogP contribution >= 0.6 is 0 Å². The lowest BCUT2D eigenvalue weighted by Crippen LogP contribution is -2.51. The van der Waals surface area contributed by atoms with Crippen LogP contribution in [0.15, 0.2) is 43.0 Å². The Morgan fingerprint density at radius 3 is 2.67 bits per heavy atom. The summed E-state index contributed by atoms with van der Waals surface area (Å²) in [6.07, 6.45) is 0.415. The fourth-order valence-electron chi connectivity index (χ4n) is 1.59. The minimum absolute atomic E-state index is 0.396. The summed E-state index contributed by atoms with van der Waals surface area (Å²) in [4.78, 5) is 11.3. The van der Waals surface area contributed by atoms with E-state index in [0.29, 0.717) is 0 Å². The van der Waals surface area contributed by atoms with Gasteiger partial charge in [-0.15, -0.1) is 6.58 Å².